The van der Waals surface area contributed by atoms with Gasteiger partial charge >= 0.3 is 0 Å². The van der Waals surface area contributed by atoms with E-state index in [1.54, 1.807) is 6.08 Å². The van der Waals surface area contributed by atoms with E-state index in [4.69, 9.17) is 9.05 Å². The van der Waals surface area contributed by atoms with Crippen molar-refractivity contribution >= 4 is 13.7 Å². The van der Waals surface area contributed by atoms with E-state index >= 15 is 0 Å². The smallest absolute Gasteiger partial charge is 0.268 e. The summed E-state index contributed by atoms with van der Waals surface area (Å²) in [6.07, 6.45) is 35.3. The van der Waals surface area contributed by atoms with Crippen LogP contribution in [-0.4, -0.2) is 68.5 Å². The molecule has 0 bridgehead atoms. The number of aliphatic hydroxyl groups is 1. The van der Waals surface area contributed by atoms with Gasteiger partial charge in [-0.1, -0.05) is 154 Å². The molecule has 0 aliphatic rings. The Balaban J connectivity index is 4.43. The molecule has 0 fully saturated rings. The minimum Gasteiger partial charge on any atom is -0.756 e. The van der Waals surface area contributed by atoms with Crippen molar-refractivity contribution < 1.29 is 32.9 Å². The van der Waals surface area contributed by atoms with Crippen LogP contribution in [0.1, 0.15) is 168 Å². The number of unbranched alkanes of at least 4 members (excludes halogenated alkanes) is 20. The van der Waals surface area contributed by atoms with Crippen molar-refractivity contribution in [2.75, 3.05) is 40.9 Å². The summed E-state index contributed by atoms with van der Waals surface area (Å²) in [4.78, 5) is 25.0. The Labute approximate surface area is 296 Å². The number of quaternary nitrogens is 1. The molecule has 3 unspecified atom stereocenters. The van der Waals surface area contributed by atoms with E-state index < -0.39 is 26.6 Å². The Kier molecular flexibility index (Phi) is 31.2. The maximum Gasteiger partial charge on any atom is 0.268 e. The van der Waals surface area contributed by atoms with Gasteiger partial charge in [0.15, 0.2) is 0 Å². The van der Waals surface area contributed by atoms with Gasteiger partial charge in [-0.05, 0) is 32.1 Å². The van der Waals surface area contributed by atoms with E-state index in [1.807, 2.05) is 27.2 Å². The number of hydrogen-bond donors (Lipinski definition) is 2. The molecule has 9 heteroatoms. The number of phosphoric acid groups is 1. The van der Waals surface area contributed by atoms with Crippen LogP contribution in [0.2, 0.25) is 0 Å². The van der Waals surface area contributed by atoms with E-state index in [0.29, 0.717) is 17.4 Å². The lowest BCUT2D eigenvalue weighted by molar-refractivity contribution is -0.870. The number of amides is 1. The van der Waals surface area contributed by atoms with Crippen LogP contribution in [0.4, 0.5) is 0 Å². The van der Waals surface area contributed by atoms with Crippen LogP contribution in [0, 0.1) is 0 Å². The average Bonchev–Trinajstić information content (AvgIpc) is 3.02. The van der Waals surface area contributed by atoms with Crippen molar-refractivity contribution in [2.24, 2.45) is 0 Å². The van der Waals surface area contributed by atoms with E-state index in [-0.39, 0.29) is 12.5 Å². The topological polar surface area (TPSA) is 108 Å². The largest absolute Gasteiger partial charge is 0.756 e. The zero-order valence-electron chi connectivity index (χ0n) is 31.9. The molecule has 0 spiro atoms. The second-order valence-corrected chi connectivity index (χ2v) is 16.0. The third kappa shape index (κ3) is 33.5. The number of hydrogen-bond acceptors (Lipinski definition) is 6. The van der Waals surface area contributed by atoms with E-state index in [2.05, 4.69) is 31.3 Å². The molecular weight excluding hydrogens is 623 g/mol. The number of nitrogens with zero attached hydrogens (tertiary/aromatic N) is 1. The van der Waals surface area contributed by atoms with Crippen LogP contribution >= 0.6 is 7.82 Å². The fourth-order valence-electron chi connectivity index (χ4n) is 5.46. The minimum atomic E-state index is -4.58. The van der Waals surface area contributed by atoms with Crippen LogP contribution in [0.5, 0.6) is 0 Å². The van der Waals surface area contributed by atoms with Crippen molar-refractivity contribution in [3.63, 3.8) is 0 Å². The first-order chi connectivity index (χ1) is 23.0. The van der Waals surface area contributed by atoms with Crippen LogP contribution in [0.3, 0.4) is 0 Å². The summed E-state index contributed by atoms with van der Waals surface area (Å²) in [6, 6.07) is -0.895. The average molecular weight is 701 g/mol. The molecule has 0 saturated carbocycles. The number of carbonyl (C=O) groups excluding carboxylic acids is 1. The van der Waals surface area contributed by atoms with Gasteiger partial charge in [-0.2, -0.15) is 0 Å². The zero-order valence-corrected chi connectivity index (χ0v) is 32.8. The first kappa shape index (κ1) is 47.0. The van der Waals surface area contributed by atoms with E-state index in [1.165, 1.54) is 109 Å². The Morgan fingerprint density at radius 2 is 1.17 bits per heavy atom. The highest BCUT2D eigenvalue weighted by molar-refractivity contribution is 7.45. The van der Waals surface area contributed by atoms with Gasteiger partial charge in [0.25, 0.3) is 7.82 Å². The lowest BCUT2D eigenvalue weighted by atomic mass is 10.0. The second-order valence-electron chi connectivity index (χ2n) is 14.6. The Hall–Kier alpha value is -1.02. The number of likely N-dealkylation sites (N-methyl/N-ethyl adjacent to an activating group) is 1. The highest BCUT2D eigenvalue weighted by atomic mass is 31.2. The molecule has 0 aromatic rings. The summed E-state index contributed by atoms with van der Waals surface area (Å²) >= 11 is 0. The number of allylic oxidation sites excluding steroid dienone is 3. The standard InChI is InChI=1S/C39H77N2O6P/c1-6-8-10-12-14-15-16-17-18-19-20-21-22-23-24-25-27-28-30-32-38(42)37(36-47-48(44,45)46-35-34-41(3,4)5)40-39(43)33-31-29-26-13-11-9-7-2/h24-25,30,32,37-38,42H,6-23,26-29,31,33-36H2,1-5H3,(H-,40,43,44,45)/b25-24+,32-30+. The molecule has 0 saturated heterocycles. The summed E-state index contributed by atoms with van der Waals surface area (Å²) in [5.41, 5.74) is 0. The number of carbonyl (C=O) groups is 1. The van der Waals surface area contributed by atoms with E-state index in [9.17, 15) is 19.4 Å². The van der Waals surface area contributed by atoms with Crippen molar-refractivity contribution in [3.8, 4) is 0 Å². The SMILES string of the molecule is CCCCCCCCCCCCCCC/C=C/CC/C=C/C(O)C(COP(=O)([O-])OCC[N+](C)(C)C)NC(=O)CCCCCCCCC. The number of phosphoric ester groups is 1. The predicted octanol–water partition coefficient (Wildman–Crippen LogP) is 9.55. The van der Waals surface area contributed by atoms with Gasteiger partial charge in [0.1, 0.15) is 13.2 Å². The highest BCUT2D eigenvalue weighted by Crippen LogP contribution is 2.38. The summed E-state index contributed by atoms with van der Waals surface area (Å²) < 4.78 is 23.0. The summed E-state index contributed by atoms with van der Waals surface area (Å²) in [7, 11) is 1.24. The maximum atomic E-state index is 12.7. The summed E-state index contributed by atoms with van der Waals surface area (Å²) in [5, 5.41) is 13.6. The third-order valence-corrected chi connectivity index (χ3v) is 9.63. The van der Waals surface area contributed by atoms with Crippen LogP contribution in [-0.2, 0) is 18.4 Å². The van der Waals surface area contributed by atoms with Gasteiger partial charge < -0.3 is 28.8 Å². The molecule has 0 aromatic heterocycles. The molecular formula is C39H77N2O6P. The van der Waals surface area contributed by atoms with Gasteiger partial charge in [-0.3, -0.25) is 9.36 Å². The van der Waals surface area contributed by atoms with Gasteiger partial charge in [0.2, 0.25) is 5.91 Å². The molecule has 0 radical (unpaired) electrons. The van der Waals surface area contributed by atoms with Crippen molar-refractivity contribution in [2.45, 2.75) is 180 Å². The van der Waals surface area contributed by atoms with Crippen molar-refractivity contribution in [3.05, 3.63) is 24.3 Å². The normalized spacial score (nSPS) is 14.9. The summed E-state index contributed by atoms with van der Waals surface area (Å²) in [6.45, 7) is 4.56. The Bertz CT molecular complexity index is 845. The third-order valence-electron chi connectivity index (χ3n) is 8.66. The fraction of sp³-hybridized carbons (Fsp3) is 0.872. The van der Waals surface area contributed by atoms with Crippen LogP contribution in [0.15, 0.2) is 24.3 Å². The number of rotatable bonds is 35. The molecule has 0 aliphatic carbocycles. The molecule has 1 amide bonds. The molecule has 0 heterocycles. The van der Waals surface area contributed by atoms with E-state index in [0.717, 1.165) is 38.5 Å². The van der Waals surface area contributed by atoms with Crippen molar-refractivity contribution in [1.29, 1.82) is 0 Å². The molecule has 2 N–H and O–H groups in total. The van der Waals surface area contributed by atoms with Crippen molar-refractivity contribution in [1.82, 2.24) is 5.32 Å². The van der Waals surface area contributed by atoms with Gasteiger partial charge in [-0.15, -0.1) is 0 Å². The fourth-order valence-corrected chi connectivity index (χ4v) is 6.18. The molecule has 0 rings (SSSR count). The predicted molar refractivity (Wildman–Crippen MR) is 201 cm³/mol. The first-order valence-electron chi connectivity index (χ1n) is 19.7. The number of nitrogens with one attached hydrogen (secondary N) is 1. The quantitative estimate of drug-likeness (QED) is 0.0295. The van der Waals surface area contributed by atoms with Crippen LogP contribution in [0.25, 0.3) is 0 Å². The number of aliphatic hydroxyl groups excluding tert-OH is 1. The monoisotopic (exact) mass is 701 g/mol. The lowest BCUT2D eigenvalue weighted by Crippen LogP contribution is -2.45. The zero-order chi connectivity index (χ0) is 35.8. The molecule has 48 heavy (non-hydrogen) atoms. The maximum absolute atomic E-state index is 12.7. The Morgan fingerprint density at radius 1 is 0.708 bits per heavy atom. The molecule has 0 aliphatic heterocycles. The van der Waals surface area contributed by atoms with Gasteiger partial charge in [-0.25, -0.2) is 0 Å². The summed E-state index contributed by atoms with van der Waals surface area (Å²) in [5.74, 6) is -0.215. The minimum absolute atomic E-state index is 0.00507. The lowest BCUT2D eigenvalue weighted by Gasteiger charge is -2.29. The molecule has 3 atom stereocenters. The molecule has 8 nitrogen and oxygen atoms in total. The van der Waals surface area contributed by atoms with Gasteiger partial charge in [0.05, 0.1) is 39.9 Å². The molecule has 0 aromatic carbocycles. The second kappa shape index (κ2) is 31.9. The Morgan fingerprint density at radius 3 is 1.69 bits per heavy atom. The first-order valence-corrected chi connectivity index (χ1v) is 21.2. The van der Waals surface area contributed by atoms with Crippen LogP contribution < -0.4 is 10.2 Å². The van der Waals surface area contributed by atoms with Gasteiger partial charge in [0, 0.05) is 6.42 Å². The highest BCUT2D eigenvalue weighted by Gasteiger charge is 2.23. The molecule has 284 valence electrons.